The molecule has 9 rings (SSSR count). The van der Waals surface area contributed by atoms with Crippen LogP contribution in [0.15, 0.2) is 128 Å². The van der Waals surface area contributed by atoms with Crippen LogP contribution in [-0.4, -0.2) is 45.9 Å². The van der Waals surface area contributed by atoms with Crippen LogP contribution >= 0.6 is 0 Å². The van der Waals surface area contributed by atoms with Gasteiger partial charge in [-0.3, -0.25) is 0 Å². The first-order chi connectivity index (χ1) is 37.2. The van der Waals surface area contributed by atoms with E-state index in [1.54, 1.807) is 0 Å². The van der Waals surface area contributed by atoms with Gasteiger partial charge in [-0.1, -0.05) is 53.4 Å². The summed E-state index contributed by atoms with van der Waals surface area (Å²) >= 11 is 0. The zero-order valence-corrected chi connectivity index (χ0v) is 47.6. The van der Waals surface area contributed by atoms with Crippen LogP contribution in [0.4, 0.5) is 0 Å². The number of unbranched alkanes of at least 4 members (excludes halogenated alkanes) is 4. The number of hydrogen-bond donors (Lipinski definition) is 1. The zero-order chi connectivity index (χ0) is 53.0. The van der Waals surface area contributed by atoms with E-state index in [4.69, 9.17) is 28.9 Å². The smallest absolute Gasteiger partial charge is 0.259 e. The summed E-state index contributed by atoms with van der Waals surface area (Å²) in [6, 6.07) is 28.4. The second kappa shape index (κ2) is 27.2. The minimum atomic E-state index is -0.151. The molecule has 0 saturated heterocycles. The molecule has 2 aliphatic rings. The molecule has 9 heterocycles. The number of nitrogens with zero attached hydrogens (tertiary/aromatic N) is 7. The molecule has 0 spiro atoms. The fourth-order valence-electron chi connectivity index (χ4n) is 9.72. The van der Waals surface area contributed by atoms with Gasteiger partial charge in [-0.05, 0) is 97.0 Å². The van der Waals surface area contributed by atoms with Crippen molar-refractivity contribution in [1.29, 1.82) is 0 Å². The predicted octanol–water partition coefficient (Wildman–Crippen LogP) is 13.6. The number of rotatable bonds is 24. The number of aromatic amines is 1. The Morgan fingerprint density at radius 1 is 0.442 bits per heavy atom. The van der Waals surface area contributed by atoms with Crippen LogP contribution in [0.1, 0.15) is 154 Å². The molecule has 77 heavy (non-hydrogen) atoms. The fraction of sp³-hybridized carbons (Fsp3) is 0.375. The minimum Gasteiger partial charge on any atom is -0.355 e. The number of hydrogen-bond acceptors (Lipinski definition) is 6. The monoisotopic (exact) mass is 1080 g/mol. The van der Waals surface area contributed by atoms with Gasteiger partial charge in [-0.25, -0.2) is 9.97 Å². The molecule has 2 aliphatic heterocycles. The van der Waals surface area contributed by atoms with Gasteiger partial charge in [0, 0.05) is 121 Å². The van der Waals surface area contributed by atoms with Gasteiger partial charge in [0.05, 0.1) is 65.9 Å². The first-order valence-corrected chi connectivity index (χ1v) is 27.8. The molecule has 1 radical (unpaired) electrons. The Morgan fingerprint density at radius 2 is 0.805 bits per heavy atom. The van der Waals surface area contributed by atoms with E-state index in [1.807, 2.05) is 0 Å². The summed E-state index contributed by atoms with van der Waals surface area (Å²) in [5, 5.41) is 0. The van der Waals surface area contributed by atoms with E-state index in [9.17, 15) is 0 Å². The van der Waals surface area contributed by atoms with E-state index in [0.29, 0.717) is 26.4 Å². The van der Waals surface area contributed by atoms with Crippen molar-refractivity contribution in [2.24, 2.45) is 0 Å². The van der Waals surface area contributed by atoms with Crippen LogP contribution in [0, 0.1) is 0 Å². The largest absolute Gasteiger partial charge is 0.355 e. The van der Waals surface area contributed by atoms with Crippen LogP contribution in [0.2, 0.25) is 0 Å². The van der Waals surface area contributed by atoms with E-state index < -0.39 is 0 Å². The van der Waals surface area contributed by atoms with Crippen molar-refractivity contribution in [3.8, 4) is 39.1 Å². The normalized spacial score (nSPS) is 13.6. The summed E-state index contributed by atoms with van der Waals surface area (Å²) in [7, 11) is 0. The molecule has 0 amide bonds. The van der Waals surface area contributed by atoms with Crippen LogP contribution < -0.4 is 18.3 Å². The Kier molecular flexibility index (Phi) is 20.1. The predicted molar refractivity (Wildman–Crippen MR) is 303 cm³/mol. The number of nitrogens with one attached hydrogen (secondary N) is 1. The third kappa shape index (κ3) is 13.6. The Balaban J connectivity index is 0.00000784. The second-order valence-corrected chi connectivity index (χ2v) is 19.9. The molecule has 0 fully saturated rings. The van der Waals surface area contributed by atoms with E-state index in [0.717, 1.165) is 135 Å². The maximum atomic E-state index is 6.34. The summed E-state index contributed by atoms with van der Waals surface area (Å²) in [5.41, 5.74) is 14.3. The van der Waals surface area contributed by atoms with Gasteiger partial charge < -0.3 is 28.5 Å². The van der Waals surface area contributed by atoms with Crippen LogP contribution in [0.3, 0.4) is 0 Å². The molecule has 4 atom stereocenters. The van der Waals surface area contributed by atoms with Crippen molar-refractivity contribution < 1.29 is 54.3 Å². The summed E-state index contributed by atoms with van der Waals surface area (Å²) in [4.78, 5) is 14.4. The van der Waals surface area contributed by atoms with Crippen LogP contribution in [0.5, 0.6) is 0 Å². The number of fused-ring (bicyclic) bond motifs is 8. The molecule has 401 valence electrons. The Labute approximate surface area is 466 Å². The van der Waals surface area contributed by atoms with Crippen LogP contribution in [0.25, 0.3) is 85.4 Å². The van der Waals surface area contributed by atoms with Crippen molar-refractivity contribution in [1.82, 2.24) is 19.5 Å². The first kappa shape index (κ1) is 56.8. The third-order valence-corrected chi connectivity index (χ3v) is 14.3. The quantitative estimate of drug-likeness (QED) is 0.0368. The standard InChI is InChI=1S/C64H77N8O4.Mn/c1-9-13-39-73-46(5)68-31-23-50(24-32-68)61-59-22-21-56(67-59)44-55-18-17-53(65-55)43-54-19-20-57(66-54)45-60-62(51-25-33-69(34-26-51)47(6)74-40-14-10-2)63(52-27-35-70(36-28-52)48(7)75-41-15-11-3)64(61)72(60)58-29-37-71(38-30-58)49(8)76-42-16-12-4;/h17-38,43-49H,9-16,39-42H2,1-8H3;/q+3;/p+1. The van der Waals surface area contributed by atoms with Gasteiger partial charge in [0.15, 0.2) is 49.6 Å². The number of H-pyrrole nitrogens is 1. The molecule has 0 aliphatic carbocycles. The molecule has 12 nitrogen and oxygen atoms in total. The van der Waals surface area contributed by atoms with Crippen molar-refractivity contribution >= 4 is 46.4 Å². The molecule has 7 aromatic heterocycles. The SMILES string of the molecule is CCCCOC(C)[n+]1ccc(-c2c(-c3cc[n+](C(C)OCCCC)cc3)c3c(-c4cc[n+](C(C)OCCCC)cc4)c4nc(cc5ccc(cc6nc(cc2n3-c2cc[n+](C(C)OCCCC)cc2)C=C6)[nH]5)C=C4)cc1.[Mn]. The summed E-state index contributed by atoms with van der Waals surface area (Å²) < 4.78 is 36.3. The van der Waals surface area contributed by atoms with Crippen molar-refractivity contribution in [2.45, 2.75) is 132 Å². The summed E-state index contributed by atoms with van der Waals surface area (Å²) in [6.07, 6.45) is 33.4. The van der Waals surface area contributed by atoms with Gasteiger partial charge in [0.2, 0.25) is 0 Å². The molecule has 1 N–H and O–H groups in total. The van der Waals surface area contributed by atoms with E-state index in [2.05, 4.69) is 236 Å². The maximum Gasteiger partial charge on any atom is 0.259 e. The van der Waals surface area contributed by atoms with Gasteiger partial charge in [0.1, 0.15) is 0 Å². The molecule has 8 bridgehead atoms. The molecule has 7 aromatic rings. The molecular weight excluding hydrogens is 1000 g/mol. The van der Waals surface area contributed by atoms with E-state index in [1.165, 1.54) is 0 Å². The number of aromatic nitrogens is 8. The second-order valence-electron chi connectivity index (χ2n) is 19.9. The molecule has 4 unspecified atom stereocenters. The van der Waals surface area contributed by atoms with Crippen molar-refractivity contribution in [2.75, 3.05) is 26.4 Å². The number of ether oxygens (including phenoxy) is 4. The molecular formula is C64H78MnN8O4+4. The van der Waals surface area contributed by atoms with Crippen molar-refractivity contribution in [3.05, 3.63) is 151 Å². The average molecular weight is 1080 g/mol. The average Bonchev–Trinajstić information content (AvgIpc) is 4.45. The van der Waals surface area contributed by atoms with Gasteiger partial charge >= 0.3 is 0 Å². The molecule has 13 heteroatoms. The van der Waals surface area contributed by atoms with Crippen LogP contribution in [-0.2, 0) is 36.0 Å². The van der Waals surface area contributed by atoms with Gasteiger partial charge in [-0.2, -0.15) is 18.3 Å². The third-order valence-electron chi connectivity index (χ3n) is 14.3. The van der Waals surface area contributed by atoms with E-state index >= 15 is 0 Å². The van der Waals surface area contributed by atoms with Crippen molar-refractivity contribution in [3.63, 3.8) is 0 Å². The Hall–Kier alpha value is -6.44. The fourth-order valence-corrected chi connectivity index (χ4v) is 9.72. The first-order valence-electron chi connectivity index (χ1n) is 27.8. The number of pyridine rings is 4. The molecule has 0 saturated carbocycles. The molecule has 0 aromatic carbocycles. The maximum absolute atomic E-state index is 6.34. The van der Waals surface area contributed by atoms with Gasteiger partial charge in [0.25, 0.3) is 24.9 Å². The summed E-state index contributed by atoms with van der Waals surface area (Å²) in [5.74, 6) is 0. The Bertz CT molecular complexity index is 3280. The topological polar surface area (TPSA) is 98.9 Å². The van der Waals surface area contributed by atoms with E-state index in [-0.39, 0.29) is 42.0 Å². The van der Waals surface area contributed by atoms with Gasteiger partial charge in [-0.15, -0.1) is 0 Å². The zero-order valence-electron chi connectivity index (χ0n) is 46.4. The Morgan fingerprint density at radius 3 is 1.23 bits per heavy atom. The minimum absolute atomic E-state index is 0. The summed E-state index contributed by atoms with van der Waals surface area (Å²) in [6.45, 7) is 20.0.